The number of hydrogen-bond acceptors (Lipinski definition) is 4. The summed E-state index contributed by atoms with van der Waals surface area (Å²) in [7, 11) is 0. The molecule has 7 heteroatoms. The lowest BCUT2D eigenvalue weighted by Gasteiger charge is -2.26. The largest absolute Gasteiger partial charge is 0.309 e. The minimum atomic E-state index is -0.267. The zero-order valence-electron chi connectivity index (χ0n) is 31.4. The summed E-state index contributed by atoms with van der Waals surface area (Å²) in [5.41, 5.74) is 13.6. The van der Waals surface area contributed by atoms with Crippen LogP contribution >= 0.6 is 11.7 Å². The first-order chi connectivity index (χ1) is 29.1. The average molecular weight is 783 g/mol. The molecule has 0 saturated carbocycles. The quantitative estimate of drug-likeness (QED) is 0.161. The Kier molecular flexibility index (Phi) is 8.34. The van der Waals surface area contributed by atoms with Crippen molar-refractivity contribution in [2.24, 2.45) is 0 Å². The molecule has 11 aromatic rings. The summed E-state index contributed by atoms with van der Waals surface area (Å²) < 4.78 is 39.9. The topological polar surface area (TPSA) is 34.0 Å². The molecule has 0 fully saturated rings. The molecule has 4 nitrogen and oxygen atoms in total. The van der Waals surface area contributed by atoms with Crippen LogP contribution in [0.15, 0.2) is 194 Å². The van der Waals surface area contributed by atoms with E-state index in [1.54, 1.807) is 24.3 Å². The lowest BCUT2D eigenvalue weighted by molar-refractivity contribution is 0.627. The van der Waals surface area contributed by atoms with Gasteiger partial charge in [0.1, 0.15) is 22.7 Å². The predicted molar refractivity (Wildman–Crippen MR) is 240 cm³/mol. The molecule has 0 atom stereocenters. The highest BCUT2D eigenvalue weighted by Crippen LogP contribution is 2.46. The molecule has 0 saturated heterocycles. The zero-order chi connectivity index (χ0) is 39.5. The first kappa shape index (κ1) is 34.7. The van der Waals surface area contributed by atoms with Crippen molar-refractivity contribution < 1.29 is 8.78 Å². The molecular weight excluding hydrogens is 751 g/mol. The maximum Gasteiger partial charge on any atom is 0.129 e. The number of benzene rings is 9. The number of aromatic nitrogens is 3. The number of para-hydroxylation sites is 2. The van der Waals surface area contributed by atoms with Crippen LogP contribution in [0.5, 0.6) is 0 Å². The third-order valence-corrected chi connectivity index (χ3v) is 11.8. The highest BCUT2D eigenvalue weighted by molar-refractivity contribution is 7.00. The summed E-state index contributed by atoms with van der Waals surface area (Å²) in [4.78, 5) is 2.20. The van der Waals surface area contributed by atoms with Crippen molar-refractivity contribution in [1.82, 2.24) is 13.3 Å². The second kappa shape index (κ2) is 14.2. The van der Waals surface area contributed by atoms with Gasteiger partial charge in [0.25, 0.3) is 0 Å². The fourth-order valence-electron chi connectivity index (χ4n) is 8.48. The predicted octanol–water partition coefficient (Wildman–Crippen LogP) is 14.7. The average Bonchev–Trinajstić information content (AvgIpc) is 3.92. The third kappa shape index (κ3) is 5.94. The van der Waals surface area contributed by atoms with Crippen LogP contribution in [0.3, 0.4) is 0 Å². The second-order valence-corrected chi connectivity index (χ2v) is 15.1. The van der Waals surface area contributed by atoms with Crippen LogP contribution in [-0.2, 0) is 0 Å². The summed E-state index contributed by atoms with van der Waals surface area (Å²) in [6.07, 6.45) is 0. The Morgan fingerprint density at radius 1 is 0.424 bits per heavy atom. The van der Waals surface area contributed by atoms with Gasteiger partial charge in [-0.05, 0) is 124 Å². The van der Waals surface area contributed by atoms with Crippen molar-refractivity contribution in [2.45, 2.75) is 0 Å². The van der Waals surface area contributed by atoms with Crippen LogP contribution in [0, 0.1) is 11.6 Å². The lowest BCUT2D eigenvalue weighted by Crippen LogP contribution is -2.10. The normalized spacial score (nSPS) is 11.6. The van der Waals surface area contributed by atoms with Crippen molar-refractivity contribution in [3.8, 4) is 39.1 Å². The molecule has 0 aliphatic carbocycles. The maximum absolute atomic E-state index is 13.8. The van der Waals surface area contributed by atoms with Gasteiger partial charge in [0, 0.05) is 33.4 Å². The molecule has 0 aliphatic heterocycles. The molecule has 2 heterocycles. The van der Waals surface area contributed by atoms with Gasteiger partial charge in [-0.25, -0.2) is 8.78 Å². The fourth-order valence-corrected chi connectivity index (χ4v) is 9.05. The van der Waals surface area contributed by atoms with E-state index < -0.39 is 0 Å². The molecule has 0 N–H and O–H groups in total. The van der Waals surface area contributed by atoms with E-state index in [4.69, 9.17) is 8.75 Å². The van der Waals surface area contributed by atoms with Gasteiger partial charge in [-0.1, -0.05) is 109 Å². The summed E-state index contributed by atoms with van der Waals surface area (Å²) in [5.74, 6) is -0.534. The minimum Gasteiger partial charge on any atom is -0.309 e. The number of anilines is 3. The van der Waals surface area contributed by atoms with E-state index in [1.807, 2.05) is 0 Å². The van der Waals surface area contributed by atoms with E-state index in [0.29, 0.717) is 0 Å². The molecule has 0 spiro atoms. The Bertz CT molecular complexity index is 3230. The van der Waals surface area contributed by atoms with E-state index in [0.717, 1.165) is 83.6 Å². The molecule has 0 radical (unpaired) electrons. The van der Waals surface area contributed by atoms with Gasteiger partial charge in [0.05, 0.1) is 28.4 Å². The lowest BCUT2D eigenvalue weighted by atomic mass is 9.93. The fraction of sp³-hybridized carbons (Fsp3) is 0. The van der Waals surface area contributed by atoms with Gasteiger partial charge < -0.3 is 9.47 Å². The van der Waals surface area contributed by atoms with E-state index >= 15 is 0 Å². The van der Waals surface area contributed by atoms with Gasteiger partial charge in [-0.2, -0.15) is 8.75 Å². The highest BCUT2D eigenvalue weighted by atomic mass is 32.1. The first-order valence-corrected chi connectivity index (χ1v) is 20.1. The van der Waals surface area contributed by atoms with E-state index in [2.05, 4.69) is 155 Å². The number of fused-ring (bicyclic) bond motifs is 6. The highest BCUT2D eigenvalue weighted by Gasteiger charge is 2.23. The van der Waals surface area contributed by atoms with E-state index in [9.17, 15) is 8.78 Å². The molecule has 9 aromatic carbocycles. The van der Waals surface area contributed by atoms with Crippen molar-refractivity contribution in [3.63, 3.8) is 0 Å². The van der Waals surface area contributed by atoms with Gasteiger partial charge in [0.2, 0.25) is 0 Å². The Hall–Kier alpha value is -7.48. The van der Waals surface area contributed by atoms with E-state index in [-0.39, 0.29) is 11.6 Å². The number of nitrogens with zero attached hydrogens (tertiary/aromatic N) is 4. The Morgan fingerprint density at radius 3 is 1.54 bits per heavy atom. The minimum absolute atomic E-state index is 0.267. The van der Waals surface area contributed by atoms with Crippen LogP contribution < -0.4 is 4.90 Å². The molecule has 0 aliphatic rings. The third-order valence-electron chi connectivity index (χ3n) is 11.2. The van der Waals surface area contributed by atoms with Gasteiger partial charge in [0.15, 0.2) is 0 Å². The smallest absolute Gasteiger partial charge is 0.129 e. The second-order valence-electron chi connectivity index (χ2n) is 14.6. The molecule has 0 bridgehead atoms. The van der Waals surface area contributed by atoms with Crippen LogP contribution in [0.1, 0.15) is 0 Å². The van der Waals surface area contributed by atoms with Crippen LogP contribution in [0.2, 0.25) is 0 Å². The Labute approximate surface area is 342 Å². The number of hydrogen-bond donors (Lipinski definition) is 0. The molecule has 0 amide bonds. The van der Waals surface area contributed by atoms with Crippen LogP contribution in [0.25, 0.3) is 82.7 Å². The van der Waals surface area contributed by atoms with Crippen molar-refractivity contribution in [3.05, 3.63) is 206 Å². The first-order valence-electron chi connectivity index (χ1n) is 19.4. The van der Waals surface area contributed by atoms with Crippen LogP contribution in [0.4, 0.5) is 25.8 Å². The summed E-state index contributed by atoms with van der Waals surface area (Å²) in [6, 6.07) is 64.1. The maximum atomic E-state index is 13.8. The van der Waals surface area contributed by atoms with Gasteiger partial charge in [-0.3, -0.25) is 0 Å². The van der Waals surface area contributed by atoms with Gasteiger partial charge >= 0.3 is 0 Å². The standard InChI is InChI=1S/C52H32F2N4S/c53-37-22-14-33(15-23-37)35-18-26-40(27-19-35)57(41-28-20-36(21-29-41)34-16-24-38(54)25-17-34)48-31-30-44(51-52(48)56-59-55-51)46-32-49-50(43-11-5-4-10-42(43)46)45-12-6-7-13-47(45)58(49)39-8-2-1-3-9-39/h1-32H. The molecule has 11 rings (SSSR count). The molecule has 59 heavy (non-hydrogen) atoms. The zero-order valence-corrected chi connectivity index (χ0v) is 32.2. The van der Waals surface area contributed by atoms with Crippen molar-refractivity contribution in [2.75, 3.05) is 4.90 Å². The van der Waals surface area contributed by atoms with Crippen molar-refractivity contribution >= 4 is 72.4 Å². The summed E-state index contributed by atoms with van der Waals surface area (Å²) in [5, 5.41) is 4.74. The summed E-state index contributed by atoms with van der Waals surface area (Å²) >= 11 is 1.21. The number of rotatable bonds is 7. The molecule has 280 valence electrons. The van der Waals surface area contributed by atoms with Crippen LogP contribution in [-0.4, -0.2) is 13.3 Å². The number of halogens is 2. The SMILES string of the molecule is Fc1ccc(-c2ccc(N(c3ccc(-c4ccc(F)cc4)cc3)c3ccc(-c4cc5c(c6ccccc46)c4ccccc4n5-c4ccccc4)c4nsnc34)cc2)cc1. The monoisotopic (exact) mass is 782 g/mol. The molecule has 0 unspecified atom stereocenters. The van der Waals surface area contributed by atoms with Gasteiger partial charge in [-0.15, -0.1) is 0 Å². The Balaban J connectivity index is 1.10. The Morgan fingerprint density at radius 2 is 0.932 bits per heavy atom. The molecule has 2 aromatic heterocycles. The molecular formula is C52H32F2N4S. The van der Waals surface area contributed by atoms with E-state index in [1.165, 1.54) is 52.2 Å². The summed E-state index contributed by atoms with van der Waals surface area (Å²) in [6.45, 7) is 0. The van der Waals surface area contributed by atoms with Crippen molar-refractivity contribution in [1.29, 1.82) is 0 Å².